The molecule has 4 heteroatoms. The first-order chi connectivity index (χ1) is 5.65. The molecule has 0 radical (unpaired) electrons. The molecule has 1 amide bonds. The molecule has 0 N–H and O–H groups in total. The summed E-state index contributed by atoms with van der Waals surface area (Å²) >= 11 is 0. The highest BCUT2D eigenvalue weighted by Gasteiger charge is 2.32. The fourth-order valence-electron chi connectivity index (χ4n) is 1.10. The molecule has 1 heterocycles. The Balaban J connectivity index is 2.50. The van der Waals surface area contributed by atoms with Crippen molar-refractivity contribution in [2.24, 2.45) is 5.92 Å². The highest BCUT2D eigenvalue weighted by molar-refractivity contribution is 5.79. The third kappa shape index (κ3) is 1.82. The van der Waals surface area contributed by atoms with Crippen LogP contribution in [0.3, 0.4) is 0 Å². The smallest absolute Gasteiger partial charge is 0.249 e. The van der Waals surface area contributed by atoms with Crippen molar-refractivity contribution in [3.05, 3.63) is 0 Å². The highest BCUT2D eigenvalue weighted by atomic mass is 16.7. The van der Waals surface area contributed by atoms with E-state index in [0.717, 1.165) is 5.06 Å². The third-order valence-electron chi connectivity index (χ3n) is 1.90. The Morgan fingerprint density at radius 1 is 1.75 bits per heavy atom. The van der Waals surface area contributed by atoms with Crippen LogP contribution >= 0.6 is 0 Å². The monoisotopic (exact) mass is 171 g/mol. The summed E-state index contributed by atoms with van der Waals surface area (Å²) in [4.78, 5) is 26.5. The Morgan fingerprint density at radius 3 is 2.83 bits per heavy atom. The van der Waals surface area contributed by atoms with Crippen LogP contribution in [0.1, 0.15) is 20.3 Å². The Hall–Kier alpha value is -0.900. The van der Waals surface area contributed by atoms with Crippen LogP contribution in [0.2, 0.25) is 0 Å². The largest absolute Gasteiger partial charge is 0.301 e. The molecule has 1 aliphatic heterocycles. The van der Waals surface area contributed by atoms with Crippen LogP contribution in [0, 0.1) is 5.92 Å². The fourth-order valence-corrected chi connectivity index (χ4v) is 1.10. The van der Waals surface area contributed by atoms with E-state index in [1.165, 1.54) is 0 Å². The summed E-state index contributed by atoms with van der Waals surface area (Å²) in [5, 5.41) is 1.14. The van der Waals surface area contributed by atoms with Gasteiger partial charge in [-0.05, 0) is 5.92 Å². The summed E-state index contributed by atoms with van der Waals surface area (Å²) in [6, 6.07) is 0. The Morgan fingerprint density at radius 2 is 2.42 bits per heavy atom. The molecule has 12 heavy (non-hydrogen) atoms. The van der Waals surface area contributed by atoms with Gasteiger partial charge in [0.05, 0.1) is 12.5 Å². The molecule has 1 rings (SSSR count). The summed E-state index contributed by atoms with van der Waals surface area (Å²) in [5.41, 5.74) is 0. The third-order valence-corrected chi connectivity index (χ3v) is 1.90. The lowest BCUT2D eigenvalue weighted by atomic mass is 10.1. The lowest BCUT2D eigenvalue weighted by Crippen LogP contribution is -2.26. The van der Waals surface area contributed by atoms with Crippen LogP contribution in [-0.4, -0.2) is 29.9 Å². The highest BCUT2D eigenvalue weighted by Crippen LogP contribution is 2.20. The Labute approximate surface area is 71.4 Å². The van der Waals surface area contributed by atoms with Crippen LogP contribution in [0.15, 0.2) is 0 Å². The number of amides is 1. The van der Waals surface area contributed by atoms with E-state index in [1.54, 1.807) is 0 Å². The number of aldehydes is 1. The number of rotatable bonds is 3. The normalized spacial score (nSPS) is 23.8. The maximum atomic E-state index is 11.1. The molecule has 0 saturated carbocycles. The molecular weight excluding hydrogens is 158 g/mol. The summed E-state index contributed by atoms with van der Waals surface area (Å²) in [6.45, 7) is 4.02. The second-order valence-electron chi connectivity index (χ2n) is 3.21. The maximum Gasteiger partial charge on any atom is 0.249 e. The molecule has 1 aliphatic rings. The van der Waals surface area contributed by atoms with Crippen LogP contribution < -0.4 is 0 Å². The van der Waals surface area contributed by atoms with Crippen molar-refractivity contribution in [3.63, 3.8) is 0 Å². The molecule has 4 nitrogen and oxygen atoms in total. The molecule has 0 aromatic heterocycles. The van der Waals surface area contributed by atoms with Crippen LogP contribution in [0.5, 0.6) is 0 Å². The minimum atomic E-state index is -0.0965. The molecule has 0 spiro atoms. The molecule has 0 bridgehead atoms. The first-order valence-electron chi connectivity index (χ1n) is 4.06. The van der Waals surface area contributed by atoms with Gasteiger partial charge >= 0.3 is 0 Å². The minimum Gasteiger partial charge on any atom is -0.301 e. The Kier molecular flexibility index (Phi) is 2.81. The van der Waals surface area contributed by atoms with E-state index in [1.807, 2.05) is 13.8 Å². The molecule has 0 aliphatic carbocycles. The average Bonchev–Trinajstić information content (AvgIpc) is 2.34. The van der Waals surface area contributed by atoms with Gasteiger partial charge in [0.1, 0.15) is 12.8 Å². The number of hydrogen-bond acceptors (Lipinski definition) is 3. The van der Waals surface area contributed by atoms with Gasteiger partial charge in [0.2, 0.25) is 5.91 Å². The van der Waals surface area contributed by atoms with E-state index < -0.39 is 0 Å². The average molecular weight is 171 g/mol. The van der Waals surface area contributed by atoms with E-state index in [2.05, 4.69) is 0 Å². The molecule has 1 atom stereocenters. The zero-order valence-corrected chi connectivity index (χ0v) is 7.32. The van der Waals surface area contributed by atoms with Gasteiger partial charge in [-0.3, -0.25) is 9.63 Å². The first kappa shape index (κ1) is 9.19. The summed E-state index contributed by atoms with van der Waals surface area (Å²) in [5.74, 6) is 0.214. The number of hydrogen-bond donors (Lipinski definition) is 0. The van der Waals surface area contributed by atoms with Gasteiger partial charge in [-0.1, -0.05) is 13.8 Å². The van der Waals surface area contributed by atoms with Crippen LogP contribution in [0.4, 0.5) is 0 Å². The summed E-state index contributed by atoms with van der Waals surface area (Å²) < 4.78 is 0. The first-order valence-corrected chi connectivity index (χ1v) is 4.06. The standard InChI is InChI=1S/C8H13NO3/c1-6(2)7-5-8(11)9(12-7)3-4-10/h4,6-7H,3,5H2,1-2H3. The topological polar surface area (TPSA) is 46.6 Å². The zero-order chi connectivity index (χ0) is 9.14. The van der Waals surface area contributed by atoms with Gasteiger partial charge in [0.25, 0.3) is 0 Å². The predicted octanol–water partition coefficient (Wildman–Crippen LogP) is 0.374. The lowest BCUT2D eigenvalue weighted by molar-refractivity contribution is -0.177. The van der Waals surface area contributed by atoms with Crippen molar-refractivity contribution in [2.75, 3.05) is 6.54 Å². The van der Waals surface area contributed by atoms with E-state index in [4.69, 9.17) is 4.84 Å². The molecule has 68 valence electrons. The predicted molar refractivity (Wildman–Crippen MR) is 42.1 cm³/mol. The fraction of sp³-hybridized carbons (Fsp3) is 0.750. The van der Waals surface area contributed by atoms with Crippen LogP contribution in [-0.2, 0) is 14.4 Å². The van der Waals surface area contributed by atoms with Crippen molar-refractivity contribution in [2.45, 2.75) is 26.4 Å². The summed E-state index contributed by atoms with van der Waals surface area (Å²) in [6.07, 6.45) is 1.00. The van der Waals surface area contributed by atoms with Gasteiger partial charge in [-0.15, -0.1) is 0 Å². The van der Waals surface area contributed by atoms with Crippen molar-refractivity contribution >= 4 is 12.2 Å². The quantitative estimate of drug-likeness (QED) is 0.576. The molecular formula is C8H13NO3. The van der Waals surface area contributed by atoms with Crippen molar-refractivity contribution in [3.8, 4) is 0 Å². The second kappa shape index (κ2) is 3.67. The van der Waals surface area contributed by atoms with E-state index >= 15 is 0 Å². The molecule has 0 aromatic rings. The van der Waals surface area contributed by atoms with Crippen molar-refractivity contribution in [1.29, 1.82) is 0 Å². The second-order valence-corrected chi connectivity index (χ2v) is 3.21. The minimum absolute atomic E-state index is 0.0437. The zero-order valence-electron chi connectivity index (χ0n) is 7.32. The van der Waals surface area contributed by atoms with Crippen molar-refractivity contribution in [1.82, 2.24) is 5.06 Å². The summed E-state index contributed by atoms with van der Waals surface area (Å²) in [7, 11) is 0. The Bertz CT molecular complexity index is 191. The van der Waals surface area contributed by atoms with E-state index in [0.29, 0.717) is 18.6 Å². The van der Waals surface area contributed by atoms with Gasteiger partial charge in [0, 0.05) is 0 Å². The van der Waals surface area contributed by atoms with Crippen molar-refractivity contribution < 1.29 is 14.4 Å². The lowest BCUT2D eigenvalue weighted by Gasteiger charge is -2.15. The molecule has 1 saturated heterocycles. The number of hydroxylamine groups is 2. The number of carbonyl (C=O) groups is 2. The number of nitrogens with zero attached hydrogens (tertiary/aromatic N) is 1. The number of carbonyl (C=O) groups excluding carboxylic acids is 2. The van der Waals surface area contributed by atoms with Gasteiger partial charge in [0.15, 0.2) is 0 Å². The van der Waals surface area contributed by atoms with E-state index in [9.17, 15) is 9.59 Å². The van der Waals surface area contributed by atoms with Gasteiger partial charge in [-0.25, -0.2) is 5.06 Å². The molecule has 0 aromatic carbocycles. The molecule has 1 unspecified atom stereocenters. The van der Waals surface area contributed by atoms with Crippen LogP contribution in [0.25, 0.3) is 0 Å². The van der Waals surface area contributed by atoms with Gasteiger partial charge < -0.3 is 4.79 Å². The molecule has 1 fully saturated rings. The van der Waals surface area contributed by atoms with E-state index in [-0.39, 0.29) is 18.6 Å². The SMILES string of the molecule is CC(C)C1CC(=O)N(CC=O)O1. The maximum absolute atomic E-state index is 11.1. The van der Waals surface area contributed by atoms with Gasteiger partial charge in [-0.2, -0.15) is 0 Å².